The molecule has 0 radical (unpaired) electrons. The number of aliphatic hydroxyl groups excluding tert-OH is 1. The topological polar surface area (TPSA) is 85.4 Å². The Bertz CT molecular complexity index is 773. The van der Waals surface area contributed by atoms with Crippen LogP contribution in [0.25, 0.3) is 0 Å². The Hall–Kier alpha value is -1.92. The first-order valence-corrected chi connectivity index (χ1v) is 18.2. The van der Waals surface area contributed by atoms with Crippen LogP contribution in [0.5, 0.6) is 0 Å². The van der Waals surface area contributed by atoms with Crippen molar-refractivity contribution < 1.29 is 28.9 Å². The summed E-state index contributed by atoms with van der Waals surface area (Å²) in [6.07, 6.45) is 38.0. The monoisotopic (exact) mass is 618 g/mol. The molecular formula is C38H66O6. The Balaban J connectivity index is 1.96. The summed E-state index contributed by atoms with van der Waals surface area (Å²) in [5, 5.41) is 9.52. The average molecular weight is 619 g/mol. The zero-order chi connectivity index (χ0) is 31.9. The molecule has 0 spiro atoms. The molecule has 0 bridgehead atoms. The molecule has 1 heterocycles. The largest absolute Gasteiger partial charge is 0.462 e. The predicted octanol–water partition coefficient (Wildman–Crippen LogP) is 9.88. The van der Waals surface area contributed by atoms with Crippen LogP contribution >= 0.6 is 0 Å². The molecule has 0 aromatic carbocycles. The summed E-state index contributed by atoms with van der Waals surface area (Å²) in [5.74, 6) is -0.664. The van der Waals surface area contributed by atoms with E-state index >= 15 is 0 Å². The van der Waals surface area contributed by atoms with Gasteiger partial charge in [-0.1, -0.05) is 134 Å². The van der Waals surface area contributed by atoms with Gasteiger partial charge in [0.1, 0.15) is 6.61 Å². The lowest BCUT2D eigenvalue weighted by atomic mass is 10.0. The van der Waals surface area contributed by atoms with Gasteiger partial charge in [0, 0.05) is 12.8 Å². The highest BCUT2D eigenvalue weighted by Gasteiger charge is 2.35. The number of hydrogen-bond acceptors (Lipinski definition) is 6. The average Bonchev–Trinajstić information content (AvgIpc) is 3.78. The van der Waals surface area contributed by atoms with Crippen molar-refractivity contribution in [1.29, 1.82) is 0 Å². The normalized spacial score (nSPS) is 17.2. The molecule has 3 atom stereocenters. The summed E-state index contributed by atoms with van der Waals surface area (Å²) < 4.78 is 16.3. The van der Waals surface area contributed by atoms with Crippen LogP contribution in [-0.4, -0.2) is 48.6 Å². The second-order valence-corrected chi connectivity index (χ2v) is 12.3. The van der Waals surface area contributed by atoms with Gasteiger partial charge in [-0.3, -0.25) is 9.59 Å². The Morgan fingerprint density at radius 1 is 0.636 bits per heavy atom. The van der Waals surface area contributed by atoms with Gasteiger partial charge in [0.15, 0.2) is 6.10 Å². The molecule has 1 aliphatic rings. The van der Waals surface area contributed by atoms with Crippen molar-refractivity contribution in [3.8, 4) is 0 Å². The van der Waals surface area contributed by atoms with Crippen LogP contribution in [0.4, 0.5) is 0 Å². The molecule has 1 rings (SSSR count). The molecule has 1 saturated heterocycles. The highest BCUT2D eigenvalue weighted by Crippen LogP contribution is 2.29. The molecule has 6 nitrogen and oxygen atoms in total. The maximum atomic E-state index is 12.1. The van der Waals surface area contributed by atoms with E-state index in [1.807, 2.05) is 0 Å². The van der Waals surface area contributed by atoms with Crippen LogP contribution in [0.3, 0.4) is 0 Å². The lowest BCUT2D eigenvalue weighted by Gasteiger charge is -2.15. The number of rotatable bonds is 31. The number of epoxide rings is 1. The van der Waals surface area contributed by atoms with E-state index in [0.29, 0.717) is 31.5 Å². The molecule has 1 N–H and O–H groups in total. The molecule has 1 aliphatic heterocycles. The number of ether oxygens (including phenoxy) is 3. The van der Waals surface area contributed by atoms with Gasteiger partial charge < -0.3 is 19.3 Å². The molecule has 2 unspecified atom stereocenters. The van der Waals surface area contributed by atoms with Crippen molar-refractivity contribution in [3.63, 3.8) is 0 Å². The predicted molar refractivity (Wildman–Crippen MR) is 182 cm³/mol. The standard InChI is InChI=1S/C38H66O6/c1-3-5-7-9-11-13-14-15-17-19-21-27-31-38(41)43-34(32-39)33-42-37(40)30-26-23-22-25-29-36-35(44-36)28-24-20-18-16-12-10-8-6-4-2/h12,16,20,22,24-25,34-36,39H,3-11,13-15,17-19,21,23,26-33H2,1-2H3/b16-12-,24-20-,25-22-/t34-,35?,36?/m0/s1. The molecule has 0 aromatic heterocycles. The highest BCUT2D eigenvalue weighted by atomic mass is 16.6. The van der Waals surface area contributed by atoms with Gasteiger partial charge in [-0.15, -0.1) is 0 Å². The lowest BCUT2D eigenvalue weighted by Crippen LogP contribution is -2.28. The minimum absolute atomic E-state index is 0.0978. The quantitative estimate of drug-likeness (QED) is 0.0360. The molecule has 0 aromatic rings. The summed E-state index contributed by atoms with van der Waals surface area (Å²) in [7, 11) is 0. The van der Waals surface area contributed by atoms with E-state index in [2.05, 4.69) is 50.3 Å². The number of unbranched alkanes of at least 4 members (excludes halogenated alkanes) is 15. The molecule has 254 valence electrons. The van der Waals surface area contributed by atoms with E-state index in [1.54, 1.807) is 0 Å². The second-order valence-electron chi connectivity index (χ2n) is 12.3. The van der Waals surface area contributed by atoms with Crippen molar-refractivity contribution in [3.05, 3.63) is 36.5 Å². The van der Waals surface area contributed by atoms with Crippen LogP contribution in [0.2, 0.25) is 0 Å². The summed E-state index contributed by atoms with van der Waals surface area (Å²) in [4.78, 5) is 24.2. The SMILES string of the molecule is CCCCC/C=C\C/C=C\CC1OC1C/C=C\CCCC(=O)OC[C@H](CO)OC(=O)CCCCCCCCCCCCCC. The summed E-state index contributed by atoms with van der Waals surface area (Å²) >= 11 is 0. The van der Waals surface area contributed by atoms with E-state index in [9.17, 15) is 14.7 Å². The third-order valence-electron chi connectivity index (χ3n) is 8.09. The van der Waals surface area contributed by atoms with Crippen LogP contribution < -0.4 is 0 Å². The van der Waals surface area contributed by atoms with Crippen molar-refractivity contribution in [2.24, 2.45) is 0 Å². The minimum Gasteiger partial charge on any atom is -0.462 e. The fourth-order valence-electron chi connectivity index (χ4n) is 5.17. The van der Waals surface area contributed by atoms with Crippen molar-refractivity contribution in [1.82, 2.24) is 0 Å². The third-order valence-corrected chi connectivity index (χ3v) is 8.09. The van der Waals surface area contributed by atoms with Gasteiger partial charge in [-0.05, 0) is 51.4 Å². The van der Waals surface area contributed by atoms with Gasteiger partial charge in [0.25, 0.3) is 0 Å². The minimum atomic E-state index is -0.794. The Morgan fingerprint density at radius 3 is 1.77 bits per heavy atom. The first-order chi connectivity index (χ1) is 21.6. The Morgan fingerprint density at radius 2 is 1.14 bits per heavy atom. The number of esters is 2. The maximum absolute atomic E-state index is 12.1. The second kappa shape index (κ2) is 29.8. The zero-order valence-corrected chi connectivity index (χ0v) is 28.4. The number of aliphatic hydroxyl groups is 1. The van der Waals surface area contributed by atoms with E-state index in [4.69, 9.17) is 14.2 Å². The molecule has 1 fully saturated rings. The van der Waals surface area contributed by atoms with Crippen molar-refractivity contribution in [2.45, 2.75) is 180 Å². The van der Waals surface area contributed by atoms with Crippen molar-refractivity contribution in [2.75, 3.05) is 13.2 Å². The smallest absolute Gasteiger partial charge is 0.306 e. The van der Waals surface area contributed by atoms with Gasteiger partial charge in [-0.25, -0.2) is 0 Å². The fraction of sp³-hybridized carbons (Fsp3) is 0.789. The highest BCUT2D eigenvalue weighted by molar-refractivity contribution is 5.70. The summed E-state index contributed by atoms with van der Waals surface area (Å²) in [6, 6.07) is 0. The first-order valence-electron chi connectivity index (χ1n) is 18.2. The lowest BCUT2D eigenvalue weighted by molar-refractivity contribution is -0.161. The molecule has 44 heavy (non-hydrogen) atoms. The fourth-order valence-corrected chi connectivity index (χ4v) is 5.17. The number of carbonyl (C=O) groups is 2. The van der Waals surface area contributed by atoms with Crippen LogP contribution in [0.15, 0.2) is 36.5 Å². The first kappa shape index (κ1) is 40.1. The van der Waals surface area contributed by atoms with E-state index in [-0.39, 0.29) is 25.2 Å². The van der Waals surface area contributed by atoms with E-state index in [0.717, 1.165) is 44.9 Å². The zero-order valence-electron chi connectivity index (χ0n) is 28.4. The summed E-state index contributed by atoms with van der Waals surface area (Å²) in [5.41, 5.74) is 0. The number of hydrogen-bond donors (Lipinski definition) is 1. The molecule has 0 saturated carbocycles. The number of allylic oxidation sites excluding steroid dienone is 4. The van der Waals surface area contributed by atoms with E-state index < -0.39 is 6.10 Å². The van der Waals surface area contributed by atoms with Gasteiger partial charge in [-0.2, -0.15) is 0 Å². The van der Waals surface area contributed by atoms with Gasteiger partial charge in [0.05, 0.1) is 18.8 Å². The Kier molecular flexibility index (Phi) is 27.1. The van der Waals surface area contributed by atoms with E-state index in [1.165, 1.54) is 83.5 Å². The van der Waals surface area contributed by atoms with Crippen LogP contribution in [0.1, 0.15) is 162 Å². The Labute approximate surface area is 270 Å². The van der Waals surface area contributed by atoms with Gasteiger partial charge in [0.2, 0.25) is 0 Å². The van der Waals surface area contributed by atoms with Gasteiger partial charge >= 0.3 is 11.9 Å². The molecular weight excluding hydrogens is 552 g/mol. The third kappa shape index (κ3) is 25.4. The molecule has 0 aliphatic carbocycles. The van der Waals surface area contributed by atoms with Crippen LogP contribution in [0, 0.1) is 0 Å². The van der Waals surface area contributed by atoms with Crippen molar-refractivity contribution >= 4 is 11.9 Å². The molecule has 0 amide bonds. The summed E-state index contributed by atoms with van der Waals surface area (Å²) in [6.45, 7) is 4.03. The number of carbonyl (C=O) groups excluding carboxylic acids is 2. The van der Waals surface area contributed by atoms with Crippen LogP contribution in [-0.2, 0) is 23.8 Å². The maximum Gasteiger partial charge on any atom is 0.306 e. The molecule has 6 heteroatoms.